The number of amides is 1. The maximum absolute atomic E-state index is 14.4. The first kappa shape index (κ1) is 24.8. The molecule has 0 saturated carbocycles. The van der Waals surface area contributed by atoms with Gasteiger partial charge in [-0.3, -0.25) is 9.74 Å². The van der Waals surface area contributed by atoms with Crippen LogP contribution < -0.4 is 15.5 Å². The normalized spacial score (nSPS) is 10.6. The Morgan fingerprint density at radius 2 is 1.79 bits per heavy atom. The molecule has 164 valence electrons. The van der Waals surface area contributed by atoms with Crippen LogP contribution in [0.4, 0.5) is 25.0 Å². The van der Waals surface area contributed by atoms with E-state index in [1.54, 1.807) is 19.0 Å². The van der Waals surface area contributed by atoms with Crippen LogP contribution in [-0.2, 0) is 14.3 Å². The molecule has 29 heavy (non-hydrogen) atoms. The molecule has 0 fully saturated rings. The molecule has 2 N–H and O–H groups in total. The van der Waals surface area contributed by atoms with Crippen molar-refractivity contribution in [1.29, 1.82) is 0 Å². The summed E-state index contributed by atoms with van der Waals surface area (Å²) in [6.45, 7) is 5.17. The van der Waals surface area contributed by atoms with Crippen molar-refractivity contribution in [3.05, 3.63) is 23.8 Å². The molecule has 1 aromatic carbocycles. The topological polar surface area (TPSA) is 75.3 Å². The summed E-state index contributed by atoms with van der Waals surface area (Å²) in [5.74, 6) is -1.63. The van der Waals surface area contributed by atoms with E-state index < -0.39 is 17.7 Å². The van der Waals surface area contributed by atoms with Gasteiger partial charge in [0.15, 0.2) is 11.6 Å². The molecule has 0 aromatic heterocycles. The second kappa shape index (κ2) is 13.1. The number of benzene rings is 1. The highest BCUT2D eigenvalue weighted by Gasteiger charge is 2.20. The molecule has 0 spiro atoms. The summed E-state index contributed by atoms with van der Waals surface area (Å²) in [6, 6.07) is 2.15. The fourth-order valence-electron chi connectivity index (χ4n) is 2.21. The number of carbonyl (C=O) groups excluding carboxylic acids is 1. The van der Waals surface area contributed by atoms with Crippen molar-refractivity contribution in [2.75, 3.05) is 63.8 Å². The SMILES string of the molecule is CCN(C)OCCNc1c(F)cc(N(CC)C(=O)OCCNC(=S)OC)cc1F. The van der Waals surface area contributed by atoms with Gasteiger partial charge in [-0.15, -0.1) is 0 Å². The van der Waals surface area contributed by atoms with Gasteiger partial charge in [-0.2, -0.15) is 5.06 Å². The van der Waals surface area contributed by atoms with Crippen molar-refractivity contribution in [3.8, 4) is 0 Å². The number of methoxy groups -OCH3 is 1. The standard InChI is InChI=1S/C18H28F2N4O4S/c1-5-23(3)28-10-8-21-16-14(19)11-13(12-15(16)20)24(6-2)18(25)27-9-7-22-17(29)26-4/h11-12,21H,5-10H2,1-4H3,(H,22,29). The lowest BCUT2D eigenvalue weighted by molar-refractivity contribution is -0.131. The second-order valence-corrected chi connectivity index (χ2v) is 6.14. The first-order valence-electron chi connectivity index (χ1n) is 9.17. The van der Waals surface area contributed by atoms with E-state index in [2.05, 4.69) is 10.6 Å². The average molecular weight is 435 g/mol. The highest BCUT2D eigenvalue weighted by atomic mass is 32.1. The van der Waals surface area contributed by atoms with E-state index in [9.17, 15) is 13.6 Å². The lowest BCUT2D eigenvalue weighted by atomic mass is 10.2. The number of hydroxylamine groups is 2. The summed E-state index contributed by atoms with van der Waals surface area (Å²) >= 11 is 4.80. The molecule has 8 nitrogen and oxygen atoms in total. The third-order valence-corrected chi connectivity index (χ3v) is 4.13. The zero-order valence-corrected chi connectivity index (χ0v) is 17.9. The molecule has 0 aliphatic heterocycles. The zero-order chi connectivity index (χ0) is 21.8. The Hall–Kier alpha value is -2.24. The van der Waals surface area contributed by atoms with Crippen LogP contribution in [0.25, 0.3) is 0 Å². The summed E-state index contributed by atoms with van der Waals surface area (Å²) < 4.78 is 38.6. The number of ether oxygens (including phenoxy) is 2. The maximum atomic E-state index is 14.4. The van der Waals surface area contributed by atoms with Gasteiger partial charge in [-0.05, 0) is 19.1 Å². The van der Waals surface area contributed by atoms with E-state index >= 15 is 0 Å². The average Bonchev–Trinajstić information content (AvgIpc) is 2.70. The maximum Gasteiger partial charge on any atom is 0.414 e. The lowest BCUT2D eigenvalue weighted by Crippen LogP contribution is -2.34. The predicted octanol–water partition coefficient (Wildman–Crippen LogP) is 2.74. The molecule has 0 saturated heterocycles. The van der Waals surface area contributed by atoms with Crippen LogP contribution >= 0.6 is 12.2 Å². The van der Waals surface area contributed by atoms with E-state index in [1.807, 2.05) is 6.92 Å². The van der Waals surface area contributed by atoms with Gasteiger partial charge in [0.2, 0.25) is 0 Å². The molecular weight excluding hydrogens is 406 g/mol. The van der Waals surface area contributed by atoms with Crippen LogP contribution in [0.2, 0.25) is 0 Å². The highest BCUT2D eigenvalue weighted by molar-refractivity contribution is 7.80. The van der Waals surface area contributed by atoms with E-state index in [-0.39, 0.29) is 49.4 Å². The Balaban J connectivity index is 2.68. The van der Waals surface area contributed by atoms with Crippen LogP contribution in [0.15, 0.2) is 12.1 Å². The van der Waals surface area contributed by atoms with Crippen LogP contribution in [0, 0.1) is 11.6 Å². The molecule has 0 unspecified atom stereocenters. The summed E-state index contributed by atoms with van der Waals surface area (Å²) in [7, 11) is 3.18. The first-order chi connectivity index (χ1) is 13.8. The van der Waals surface area contributed by atoms with E-state index in [1.165, 1.54) is 7.11 Å². The number of carbonyl (C=O) groups is 1. The molecule has 0 bridgehead atoms. The zero-order valence-electron chi connectivity index (χ0n) is 17.1. The minimum absolute atomic E-state index is 0.00957. The first-order valence-corrected chi connectivity index (χ1v) is 9.57. The largest absolute Gasteiger partial charge is 0.474 e. The van der Waals surface area contributed by atoms with Crippen LogP contribution in [0.3, 0.4) is 0 Å². The number of rotatable bonds is 11. The van der Waals surface area contributed by atoms with Crippen molar-refractivity contribution < 1.29 is 27.9 Å². The minimum Gasteiger partial charge on any atom is -0.474 e. The van der Waals surface area contributed by atoms with E-state index in [0.717, 1.165) is 17.0 Å². The third-order valence-electron chi connectivity index (χ3n) is 3.82. The van der Waals surface area contributed by atoms with Crippen molar-refractivity contribution >= 4 is 34.9 Å². The smallest absolute Gasteiger partial charge is 0.414 e. The van der Waals surface area contributed by atoms with Crippen LogP contribution in [0.1, 0.15) is 13.8 Å². The fourth-order valence-corrected chi connectivity index (χ4v) is 2.31. The molecule has 0 aliphatic rings. The Bertz CT molecular complexity index is 658. The van der Waals surface area contributed by atoms with E-state index in [0.29, 0.717) is 6.54 Å². The number of nitrogens with zero attached hydrogens (tertiary/aromatic N) is 2. The number of nitrogens with one attached hydrogen (secondary N) is 2. The monoisotopic (exact) mass is 434 g/mol. The summed E-state index contributed by atoms with van der Waals surface area (Å²) in [4.78, 5) is 18.7. The number of halogens is 2. The van der Waals surface area contributed by atoms with Crippen molar-refractivity contribution in [2.24, 2.45) is 0 Å². The van der Waals surface area contributed by atoms with Gasteiger partial charge in [0.1, 0.15) is 12.3 Å². The van der Waals surface area contributed by atoms with Crippen LogP contribution in [-0.4, -0.2) is 69.9 Å². The van der Waals surface area contributed by atoms with Crippen LogP contribution in [0.5, 0.6) is 0 Å². The van der Waals surface area contributed by atoms with Crippen molar-refractivity contribution in [2.45, 2.75) is 13.8 Å². The van der Waals surface area contributed by atoms with Gasteiger partial charge in [0.05, 0.1) is 25.9 Å². The predicted molar refractivity (Wildman–Crippen MR) is 111 cm³/mol. The van der Waals surface area contributed by atoms with Gasteiger partial charge in [0.25, 0.3) is 5.17 Å². The van der Waals surface area contributed by atoms with Gasteiger partial charge < -0.3 is 20.1 Å². The van der Waals surface area contributed by atoms with Gasteiger partial charge in [0, 0.05) is 38.8 Å². The van der Waals surface area contributed by atoms with E-state index in [4.69, 9.17) is 26.5 Å². The molecule has 1 amide bonds. The minimum atomic E-state index is -0.817. The second-order valence-electron chi connectivity index (χ2n) is 5.77. The molecular formula is C18H28F2N4O4S. The van der Waals surface area contributed by atoms with Crippen molar-refractivity contribution in [3.63, 3.8) is 0 Å². The molecule has 11 heteroatoms. The Morgan fingerprint density at radius 3 is 2.34 bits per heavy atom. The van der Waals surface area contributed by atoms with Gasteiger partial charge in [-0.25, -0.2) is 13.6 Å². The summed E-state index contributed by atoms with van der Waals surface area (Å²) in [6.07, 6.45) is -0.729. The van der Waals surface area contributed by atoms with Crippen molar-refractivity contribution in [1.82, 2.24) is 10.4 Å². The molecule has 1 aromatic rings. The lowest BCUT2D eigenvalue weighted by Gasteiger charge is -2.22. The molecule has 0 atom stereocenters. The molecule has 1 rings (SSSR count). The summed E-state index contributed by atoms with van der Waals surface area (Å²) in [5.41, 5.74) is -0.224. The Morgan fingerprint density at radius 1 is 1.14 bits per heavy atom. The highest BCUT2D eigenvalue weighted by Crippen LogP contribution is 2.26. The van der Waals surface area contributed by atoms with Gasteiger partial charge >= 0.3 is 6.09 Å². The third kappa shape index (κ3) is 8.34. The molecule has 0 heterocycles. The Kier molecular flexibility index (Phi) is 11.2. The quantitative estimate of drug-likeness (QED) is 0.313. The fraction of sp³-hybridized carbons (Fsp3) is 0.556. The number of hydrogen-bond donors (Lipinski definition) is 2. The number of anilines is 2. The van der Waals surface area contributed by atoms with Gasteiger partial charge in [-0.1, -0.05) is 6.92 Å². The molecule has 0 aliphatic carbocycles. The Labute approximate surface area is 175 Å². The molecule has 0 radical (unpaired) electrons. The number of hydrogen-bond acceptors (Lipinski definition) is 7. The number of thiocarbonyl (C=S) groups is 1. The summed E-state index contributed by atoms with van der Waals surface area (Å²) in [5, 5.41) is 7.17.